The van der Waals surface area contributed by atoms with Crippen LogP contribution in [0.2, 0.25) is 0 Å². The molecule has 5 heteroatoms. The van der Waals surface area contributed by atoms with E-state index in [0.717, 1.165) is 10.5 Å². The molecule has 31 heavy (non-hydrogen) atoms. The molecule has 0 aliphatic carbocycles. The summed E-state index contributed by atoms with van der Waals surface area (Å²) in [6, 6.07) is 20.6. The molecule has 1 aliphatic heterocycles. The van der Waals surface area contributed by atoms with Gasteiger partial charge in [-0.2, -0.15) is 0 Å². The molecule has 2 amide bonds. The molecule has 0 radical (unpaired) electrons. The molecular formula is C26H23FN2O2. The molecule has 4 rings (SSSR count). The van der Waals surface area contributed by atoms with Gasteiger partial charge in [0.05, 0.1) is 11.3 Å². The molecule has 0 saturated heterocycles. The summed E-state index contributed by atoms with van der Waals surface area (Å²) in [4.78, 5) is 27.7. The van der Waals surface area contributed by atoms with Crippen LogP contribution in [-0.4, -0.2) is 11.8 Å². The normalized spacial score (nSPS) is 14.0. The van der Waals surface area contributed by atoms with E-state index in [1.165, 1.54) is 29.8 Å². The summed E-state index contributed by atoms with van der Waals surface area (Å²) in [7, 11) is 0. The average Bonchev–Trinajstić information content (AvgIpc) is 2.99. The monoisotopic (exact) mass is 414 g/mol. The zero-order chi connectivity index (χ0) is 22.1. The first-order valence-electron chi connectivity index (χ1n) is 10.2. The zero-order valence-corrected chi connectivity index (χ0v) is 17.6. The van der Waals surface area contributed by atoms with E-state index in [0.29, 0.717) is 28.4 Å². The van der Waals surface area contributed by atoms with Crippen molar-refractivity contribution in [2.24, 2.45) is 0 Å². The number of carbonyl (C=O) groups is 2. The number of hydrogen-bond donors (Lipinski definition) is 1. The largest absolute Gasteiger partial charge is 0.350 e. The van der Waals surface area contributed by atoms with Gasteiger partial charge in [-0.05, 0) is 60.4 Å². The van der Waals surface area contributed by atoms with Crippen molar-refractivity contribution in [3.8, 4) is 0 Å². The smallest absolute Gasteiger partial charge is 0.282 e. The lowest BCUT2D eigenvalue weighted by Crippen LogP contribution is -2.32. The molecule has 0 saturated carbocycles. The van der Waals surface area contributed by atoms with Crippen LogP contribution in [0.4, 0.5) is 15.8 Å². The van der Waals surface area contributed by atoms with Crippen molar-refractivity contribution in [2.45, 2.75) is 26.7 Å². The second-order valence-electron chi connectivity index (χ2n) is 7.94. The van der Waals surface area contributed by atoms with Crippen molar-refractivity contribution < 1.29 is 14.0 Å². The van der Waals surface area contributed by atoms with Crippen molar-refractivity contribution >= 4 is 28.8 Å². The van der Waals surface area contributed by atoms with Gasteiger partial charge in [0.2, 0.25) is 0 Å². The highest BCUT2D eigenvalue weighted by Crippen LogP contribution is 2.34. The van der Waals surface area contributed by atoms with Crippen molar-refractivity contribution in [1.29, 1.82) is 0 Å². The maximum atomic E-state index is 13.4. The summed E-state index contributed by atoms with van der Waals surface area (Å²) < 4.78 is 13.4. The fraction of sp³-hybridized carbons (Fsp3) is 0.154. The average molecular weight is 414 g/mol. The second kappa shape index (κ2) is 8.19. The Kier molecular flexibility index (Phi) is 5.42. The Bertz CT molecular complexity index is 1160. The highest BCUT2D eigenvalue weighted by atomic mass is 19.1. The van der Waals surface area contributed by atoms with E-state index in [1.54, 1.807) is 0 Å². The Balaban J connectivity index is 1.77. The quantitative estimate of drug-likeness (QED) is 0.549. The third kappa shape index (κ3) is 3.99. The van der Waals surface area contributed by atoms with Gasteiger partial charge in [0.25, 0.3) is 11.8 Å². The molecule has 4 nitrogen and oxygen atoms in total. The number of benzene rings is 3. The fourth-order valence-corrected chi connectivity index (χ4v) is 3.55. The van der Waals surface area contributed by atoms with Crippen LogP contribution in [0.15, 0.2) is 78.5 Å². The molecule has 0 unspecified atom stereocenters. The number of imide groups is 1. The maximum Gasteiger partial charge on any atom is 0.282 e. The van der Waals surface area contributed by atoms with E-state index >= 15 is 0 Å². The lowest BCUT2D eigenvalue weighted by molar-refractivity contribution is -0.120. The van der Waals surface area contributed by atoms with Gasteiger partial charge in [-0.3, -0.25) is 9.59 Å². The molecule has 0 aromatic heterocycles. The highest BCUT2D eigenvalue weighted by molar-refractivity contribution is 6.46. The van der Waals surface area contributed by atoms with Crippen LogP contribution >= 0.6 is 0 Å². The van der Waals surface area contributed by atoms with Crippen molar-refractivity contribution in [2.75, 3.05) is 10.2 Å². The number of aryl methyl sites for hydroxylation is 1. The van der Waals surface area contributed by atoms with Crippen LogP contribution in [0.1, 0.15) is 36.5 Å². The molecule has 156 valence electrons. The standard InChI is InChI=1S/C26H23FN2O2/c1-16(2)18-8-12-21(13-9-18)28-24-23(19-6-4-17(3)5-7-19)25(30)29(26(24)31)22-14-10-20(27)11-15-22/h4-16,28H,1-3H3. The van der Waals surface area contributed by atoms with E-state index < -0.39 is 17.6 Å². The van der Waals surface area contributed by atoms with E-state index in [9.17, 15) is 14.0 Å². The zero-order valence-electron chi connectivity index (χ0n) is 17.6. The molecule has 0 bridgehead atoms. The molecule has 1 heterocycles. The van der Waals surface area contributed by atoms with Gasteiger partial charge >= 0.3 is 0 Å². The third-order valence-electron chi connectivity index (χ3n) is 5.36. The van der Waals surface area contributed by atoms with Gasteiger partial charge in [0.1, 0.15) is 11.5 Å². The summed E-state index contributed by atoms with van der Waals surface area (Å²) in [5.74, 6) is -0.958. The van der Waals surface area contributed by atoms with Gasteiger partial charge in [-0.15, -0.1) is 0 Å². The number of halogens is 1. The SMILES string of the molecule is Cc1ccc(C2=C(Nc3ccc(C(C)C)cc3)C(=O)N(c3ccc(F)cc3)C2=O)cc1. The van der Waals surface area contributed by atoms with E-state index in [1.807, 2.05) is 55.5 Å². The number of nitrogens with zero attached hydrogens (tertiary/aromatic N) is 1. The summed E-state index contributed by atoms with van der Waals surface area (Å²) in [5, 5.41) is 3.16. The van der Waals surface area contributed by atoms with Crippen molar-refractivity contribution in [3.63, 3.8) is 0 Å². The highest BCUT2D eigenvalue weighted by Gasteiger charge is 2.40. The summed E-state index contributed by atoms with van der Waals surface area (Å²) in [6.07, 6.45) is 0. The molecule has 3 aromatic rings. The van der Waals surface area contributed by atoms with Crippen LogP contribution < -0.4 is 10.2 Å². The first kappa shape index (κ1) is 20.5. The Morgan fingerprint density at radius 2 is 1.42 bits per heavy atom. The second-order valence-corrected chi connectivity index (χ2v) is 7.94. The minimum absolute atomic E-state index is 0.204. The topological polar surface area (TPSA) is 49.4 Å². The summed E-state index contributed by atoms with van der Waals surface area (Å²) in [6.45, 7) is 6.18. The first-order chi connectivity index (χ1) is 14.8. The molecule has 0 atom stereocenters. The van der Waals surface area contributed by atoms with Gasteiger partial charge in [-0.1, -0.05) is 55.8 Å². The molecule has 0 spiro atoms. The van der Waals surface area contributed by atoms with Crippen molar-refractivity contribution in [1.82, 2.24) is 0 Å². The fourth-order valence-electron chi connectivity index (χ4n) is 3.55. The Labute approximate surface area is 181 Å². The van der Waals surface area contributed by atoms with E-state index in [4.69, 9.17) is 0 Å². The number of carbonyl (C=O) groups excluding carboxylic acids is 2. The number of anilines is 2. The lowest BCUT2D eigenvalue weighted by Gasteiger charge is -2.15. The Morgan fingerprint density at radius 1 is 0.806 bits per heavy atom. The van der Waals surface area contributed by atoms with E-state index in [2.05, 4.69) is 19.2 Å². The molecular weight excluding hydrogens is 391 g/mol. The van der Waals surface area contributed by atoms with Crippen LogP contribution in [0, 0.1) is 12.7 Å². The van der Waals surface area contributed by atoms with Crippen LogP contribution in [0.5, 0.6) is 0 Å². The number of rotatable bonds is 5. The Hall–Kier alpha value is -3.73. The molecule has 0 fully saturated rings. The minimum atomic E-state index is -0.472. The third-order valence-corrected chi connectivity index (χ3v) is 5.36. The predicted molar refractivity (Wildman–Crippen MR) is 121 cm³/mol. The van der Waals surface area contributed by atoms with Crippen LogP contribution in [0.25, 0.3) is 5.57 Å². The van der Waals surface area contributed by atoms with Gasteiger partial charge < -0.3 is 5.32 Å². The summed E-state index contributed by atoms with van der Waals surface area (Å²) in [5.41, 5.74) is 4.42. The Morgan fingerprint density at radius 3 is 2.00 bits per heavy atom. The molecule has 1 aliphatic rings. The van der Waals surface area contributed by atoms with Gasteiger partial charge in [0.15, 0.2) is 0 Å². The molecule has 3 aromatic carbocycles. The van der Waals surface area contributed by atoms with E-state index in [-0.39, 0.29) is 5.70 Å². The number of nitrogens with one attached hydrogen (secondary N) is 1. The number of amides is 2. The van der Waals surface area contributed by atoms with Gasteiger partial charge in [-0.25, -0.2) is 9.29 Å². The predicted octanol–water partition coefficient (Wildman–Crippen LogP) is 5.65. The van der Waals surface area contributed by atoms with Crippen LogP contribution in [0.3, 0.4) is 0 Å². The molecule has 1 N–H and O–H groups in total. The first-order valence-corrected chi connectivity index (χ1v) is 10.2. The lowest BCUT2D eigenvalue weighted by atomic mass is 10.0. The maximum absolute atomic E-state index is 13.4. The number of hydrogen-bond acceptors (Lipinski definition) is 3. The minimum Gasteiger partial charge on any atom is -0.350 e. The van der Waals surface area contributed by atoms with Crippen molar-refractivity contribution in [3.05, 3.63) is 101 Å². The summed E-state index contributed by atoms with van der Waals surface area (Å²) >= 11 is 0. The van der Waals surface area contributed by atoms with Crippen LogP contribution in [-0.2, 0) is 9.59 Å². The van der Waals surface area contributed by atoms with Gasteiger partial charge in [0, 0.05) is 5.69 Å².